The number of hydrogen-bond donors (Lipinski definition) is 4. The van der Waals surface area contributed by atoms with E-state index < -0.39 is 0 Å². The first-order valence-corrected chi connectivity index (χ1v) is 8.68. The maximum atomic E-state index is 9.61. The van der Waals surface area contributed by atoms with Crippen LogP contribution in [0, 0.1) is 22.7 Å². The molecule has 1 saturated heterocycles. The summed E-state index contributed by atoms with van der Waals surface area (Å²) in [5.41, 5.74) is 1.80. The summed E-state index contributed by atoms with van der Waals surface area (Å²) in [4.78, 5) is 2.37. The largest absolute Gasteiger partial charge is 0.508 e. The van der Waals surface area contributed by atoms with Gasteiger partial charge in [-0.1, -0.05) is 0 Å². The van der Waals surface area contributed by atoms with Gasteiger partial charge in [0.1, 0.15) is 49.8 Å². The fourth-order valence-corrected chi connectivity index (χ4v) is 3.61. The van der Waals surface area contributed by atoms with Crippen molar-refractivity contribution >= 4 is 0 Å². The van der Waals surface area contributed by atoms with Crippen molar-refractivity contribution in [3.05, 3.63) is 59.7 Å². The molecule has 4 N–H and O–H groups in total. The Hall–Kier alpha value is -3.06. The van der Waals surface area contributed by atoms with E-state index in [1.807, 2.05) is 0 Å². The highest BCUT2D eigenvalue weighted by Gasteiger charge is 2.34. The van der Waals surface area contributed by atoms with Crippen LogP contribution in [0.15, 0.2) is 48.5 Å². The second kappa shape index (κ2) is 7.88. The lowest BCUT2D eigenvalue weighted by molar-refractivity contribution is -1.03. The number of nitrogens with one attached hydrogen (secondary N) is 2. The molecule has 0 bridgehead atoms. The summed E-state index contributed by atoms with van der Waals surface area (Å²) >= 11 is 0. The Bertz CT molecular complexity index is 741. The summed E-state index contributed by atoms with van der Waals surface area (Å²) in [6, 6.07) is 17.8. The Kier molecular flexibility index (Phi) is 5.38. The van der Waals surface area contributed by atoms with Crippen molar-refractivity contribution in [2.75, 3.05) is 26.2 Å². The molecule has 0 saturated carbocycles. The molecule has 0 radical (unpaired) electrons. The Morgan fingerprint density at radius 1 is 0.654 bits per heavy atom. The summed E-state index contributed by atoms with van der Waals surface area (Å²) in [7, 11) is 0. The molecule has 1 aliphatic rings. The summed E-state index contributed by atoms with van der Waals surface area (Å²) in [6.07, 6.45) is 0. The molecule has 2 aromatic rings. The van der Waals surface area contributed by atoms with Gasteiger partial charge >= 0.3 is 0 Å². The summed E-state index contributed by atoms with van der Waals surface area (Å²) in [5, 5.41) is 38.1. The van der Waals surface area contributed by atoms with Crippen LogP contribution < -0.4 is 9.80 Å². The molecule has 26 heavy (non-hydrogen) atoms. The van der Waals surface area contributed by atoms with Gasteiger partial charge in [0.25, 0.3) is 0 Å². The molecule has 3 rings (SSSR count). The van der Waals surface area contributed by atoms with E-state index >= 15 is 0 Å². The monoisotopic (exact) mass is 350 g/mol. The van der Waals surface area contributed by atoms with Crippen LogP contribution >= 0.6 is 0 Å². The van der Waals surface area contributed by atoms with Gasteiger partial charge in [-0.05, 0) is 48.5 Å². The van der Waals surface area contributed by atoms with Crippen LogP contribution in [0.25, 0.3) is 0 Å². The van der Waals surface area contributed by atoms with Crippen molar-refractivity contribution in [1.29, 1.82) is 10.5 Å². The minimum atomic E-state index is -0.272. The molecule has 2 aromatic carbocycles. The molecule has 1 heterocycles. The highest BCUT2D eigenvalue weighted by Crippen LogP contribution is 2.16. The van der Waals surface area contributed by atoms with Crippen molar-refractivity contribution in [1.82, 2.24) is 0 Å². The average molecular weight is 350 g/mol. The molecule has 1 aliphatic heterocycles. The van der Waals surface area contributed by atoms with E-state index in [1.54, 1.807) is 48.5 Å². The second-order valence-corrected chi connectivity index (χ2v) is 6.62. The van der Waals surface area contributed by atoms with Gasteiger partial charge in [-0.25, -0.2) is 0 Å². The Labute approximate surface area is 152 Å². The lowest BCUT2D eigenvalue weighted by Crippen LogP contribution is -3.28. The van der Waals surface area contributed by atoms with E-state index in [4.69, 9.17) is 0 Å². The number of nitrogens with zero attached hydrogens (tertiary/aromatic N) is 2. The molecular formula is C20H22N4O2+2. The van der Waals surface area contributed by atoms with E-state index in [2.05, 4.69) is 12.1 Å². The zero-order valence-corrected chi connectivity index (χ0v) is 14.4. The van der Waals surface area contributed by atoms with Crippen LogP contribution in [-0.2, 0) is 0 Å². The van der Waals surface area contributed by atoms with Gasteiger partial charge in [0, 0.05) is 11.1 Å². The minimum Gasteiger partial charge on any atom is -0.508 e. The van der Waals surface area contributed by atoms with Gasteiger partial charge in [-0.3, -0.25) is 0 Å². The molecule has 0 unspecified atom stereocenters. The van der Waals surface area contributed by atoms with Gasteiger partial charge in [-0.15, -0.1) is 0 Å². The first-order valence-electron chi connectivity index (χ1n) is 8.68. The number of aromatic hydroxyl groups is 2. The molecule has 6 heteroatoms. The average Bonchev–Trinajstić information content (AvgIpc) is 2.67. The molecule has 0 spiro atoms. The number of phenols is 2. The number of rotatable bonds is 4. The topological polar surface area (TPSA) is 96.9 Å². The quantitative estimate of drug-likeness (QED) is 0.609. The fraction of sp³-hybridized carbons (Fsp3) is 0.300. The van der Waals surface area contributed by atoms with Crippen molar-refractivity contribution in [3.8, 4) is 23.6 Å². The predicted octanol–water partition coefficient (Wildman–Crippen LogP) is -0.289. The van der Waals surface area contributed by atoms with Crippen LogP contribution in [0.3, 0.4) is 0 Å². The highest BCUT2D eigenvalue weighted by atomic mass is 16.3. The number of hydrogen-bond acceptors (Lipinski definition) is 4. The molecule has 6 nitrogen and oxygen atoms in total. The summed E-state index contributed by atoms with van der Waals surface area (Å²) < 4.78 is 0. The maximum Gasteiger partial charge on any atom is 0.201 e. The molecule has 2 atom stereocenters. The number of phenolic OH excluding ortho intramolecular Hbond substituents is 2. The van der Waals surface area contributed by atoms with Crippen LogP contribution in [0.1, 0.15) is 23.2 Å². The first kappa shape index (κ1) is 17.8. The van der Waals surface area contributed by atoms with Crippen LogP contribution in [-0.4, -0.2) is 36.4 Å². The molecule has 0 aromatic heterocycles. The van der Waals surface area contributed by atoms with E-state index in [9.17, 15) is 20.7 Å². The van der Waals surface area contributed by atoms with Crippen molar-refractivity contribution < 1.29 is 20.0 Å². The molecule has 0 amide bonds. The zero-order chi connectivity index (χ0) is 18.5. The minimum absolute atomic E-state index is 0.195. The fourth-order valence-electron chi connectivity index (χ4n) is 3.61. The van der Waals surface area contributed by atoms with E-state index in [0.29, 0.717) is 0 Å². The smallest absolute Gasteiger partial charge is 0.201 e. The van der Waals surface area contributed by atoms with E-state index in [0.717, 1.165) is 37.3 Å². The second-order valence-electron chi connectivity index (χ2n) is 6.62. The van der Waals surface area contributed by atoms with Crippen molar-refractivity contribution in [2.24, 2.45) is 0 Å². The Morgan fingerprint density at radius 2 is 0.962 bits per heavy atom. The highest BCUT2D eigenvalue weighted by molar-refractivity contribution is 5.30. The first-order chi connectivity index (χ1) is 12.6. The number of benzene rings is 2. The SMILES string of the molecule is N#C[C@H](c1ccc(O)cc1)[NH+]1CC[NH+]([C@@H](C#N)c2ccc(O)cc2)CC1. The third-order valence-corrected chi connectivity index (χ3v) is 5.06. The maximum absolute atomic E-state index is 9.61. The molecule has 132 valence electrons. The predicted molar refractivity (Wildman–Crippen MR) is 94.3 cm³/mol. The summed E-state index contributed by atoms with van der Waals surface area (Å²) in [6.45, 7) is 3.19. The van der Waals surface area contributed by atoms with Gasteiger partial charge in [0.2, 0.25) is 12.1 Å². The molecule has 0 aliphatic carbocycles. The molecule has 1 fully saturated rings. The van der Waals surface area contributed by atoms with Gasteiger partial charge in [0.15, 0.2) is 0 Å². The third kappa shape index (κ3) is 3.78. The molecular weight excluding hydrogens is 328 g/mol. The van der Waals surface area contributed by atoms with Crippen molar-refractivity contribution in [3.63, 3.8) is 0 Å². The van der Waals surface area contributed by atoms with Crippen LogP contribution in [0.4, 0.5) is 0 Å². The zero-order valence-electron chi connectivity index (χ0n) is 14.4. The number of piperazine rings is 1. The van der Waals surface area contributed by atoms with Gasteiger partial charge in [0.05, 0.1) is 0 Å². The van der Waals surface area contributed by atoms with Crippen molar-refractivity contribution in [2.45, 2.75) is 12.1 Å². The number of quaternary nitrogens is 2. The normalized spacial score (nSPS) is 21.9. The van der Waals surface area contributed by atoms with Crippen LogP contribution in [0.2, 0.25) is 0 Å². The van der Waals surface area contributed by atoms with E-state index in [-0.39, 0.29) is 23.6 Å². The lowest BCUT2D eigenvalue weighted by Gasteiger charge is -2.34. The van der Waals surface area contributed by atoms with E-state index in [1.165, 1.54) is 9.80 Å². The Balaban J connectivity index is 1.67. The lowest BCUT2D eigenvalue weighted by atomic mass is 10.0. The van der Waals surface area contributed by atoms with Crippen LogP contribution in [0.5, 0.6) is 11.5 Å². The van der Waals surface area contributed by atoms with Gasteiger partial charge < -0.3 is 20.0 Å². The standard InChI is InChI=1S/C20H20N4O2/c21-13-19(15-1-5-17(25)6-2-15)23-9-11-24(12-10-23)20(14-22)16-3-7-18(26)8-4-16/h1-8,19-20,25-26H,9-12H2/p+2/t19-,20+. The van der Waals surface area contributed by atoms with Gasteiger partial charge in [-0.2, -0.15) is 10.5 Å². The third-order valence-electron chi connectivity index (χ3n) is 5.06. The Morgan fingerprint density at radius 3 is 1.23 bits per heavy atom. The summed E-state index contributed by atoms with van der Waals surface area (Å²) in [5.74, 6) is 0.390. The number of nitriles is 2.